The molecule has 2 aliphatic heterocycles. The zero-order valence-corrected chi connectivity index (χ0v) is 22.2. The summed E-state index contributed by atoms with van der Waals surface area (Å²) in [6.07, 6.45) is 3.40. The highest BCUT2D eigenvalue weighted by molar-refractivity contribution is 5.99. The topological polar surface area (TPSA) is 84.3 Å². The Morgan fingerprint density at radius 3 is 2.50 bits per heavy atom. The van der Waals surface area contributed by atoms with Crippen molar-refractivity contribution in [3.05, 3.63) is 83.7 Å². The van der Waals surface area contributed by atoms with Crippen LogP contribution < -0.4 is 10.6 Å². The third-order valence-corrected chi connectivity index (χ3v) is 7.46. The number of aromatic nitrogens is 1. The Bertz CT molecular complexity index is 1280. The van der Waals surface area contributed by atoms with Gasteiger partial charge in [-0.1, -0.05) is 36.4 Å². The third-order valence-electron chi connectivity index (χ3n) is 7.46. The summed E-state index contributed by atoms with van der Waals surface area (Å²) >= 11 is 0. The van der Waals surface area contributed by atoms with Crippen LogP contribution in [0.1, 0.15) is 48.3 Å². The Labute approximate surface area is 225 Å². The number of hydrogen-bond donors (Lipinski definition) is 2. The highest BCUT2D eigenvalue weighted by atomic mass is 16.2. The van der Waals surface area contributed by atoms with Crippen LogP contribution in [0.2, 0.25) is 0 Å². The van der Waals surface area contributed by atoms with Gasteiger partial charge in [-0.05, 0) is 62.1 Å². The molecule has 2 aliphatic rings. The number of hydrogen-bond acceptors (Lipinski definition) is 6. The number of pyridine rings is 1. The highest BCUT2D eigenvalue weighted by Crippen LogP contribution is 2.26. The van der Waals surface area contributed by atoms with Gasteiger partial charge in [0.1, 0.15) is 5.69 Å². The lowest BCUT2D eigenvalue weighted by atomic mass is 9.99. The summed E-state index contributed by atoms with van der Waals surface area (Å²) in [5.74, 6) is -0.0154. The number of benzene rings is 2. The minimum Gasteiger partial charge on any atom is -0.382 e. The number of piperazine rings is 1. The van der Waals surface area contributed by atoms with E-state index in [-0.39, 0.29) is 11.9 Å². The lowest BCUT2D eigenvalue weighted by molar-refractivity contribution is 0.0713. The van der Waals surface area contributed by atoms with Gasteiger partial charge in [0.2, 0.25) is 0 Å². The molecule has 0 unspecified atom stereocenters. The number of carbonyl (C=O) groups excluding carboxylic acids is 1. The van der Waals surface area contributed by atoms with Crippen LogP contribution >= 0.6 is 0 Å². The van der Waals surface area contributed by atoms with E-state index in [0.717, 1.165) is 49.3 Å². The van der Waals surface area contributed by atoms with E-state index in [1.807, 2.05) is 35.2 Å². The molecule has 2 fully saturated rings. The molecule has 196 valence electrons. The maximum Gasteiger partial charge on any atom is 0.273 e. The number of rotatable bonds is 6. The Balaban J connectivity index is 1.22. The molecule has 3 aromatic rings. The van der Waals surface area contributed by atoms with Crippen LogP contribution in [-0.2, 0) is 6.54 Å². The summed E-state index contributed by atoms with van der Waals surface area (Å²) in [6, 6.07) is 23.5. The van der Waals surface area contributed by atoms with Crippen molar-refractivity contribution in [1.82, 2.24) is 20.1 Å². The fourth-order valence-corrected chi connectivity index (χ4v) is 5.72. The van der Waals surface area contributed by atoms with Crippen molar-refractivity contribution >= 4 is 11.6 Å². The molecule has 3 heterocycles. The van der Waals surface area contributed by atoms with Crippen LogP contribution in [0.4, 0.5) is 5.69 Å². The summed E-state index contributed by atoms with van der Waals surface area (Å²) in [7, 11) is 0. The van der Waals surface area contributed by atoms with E-state index in [1.54, 1.807) is 12.3 Å². The zero-order valence-electron chi connectivity index (χ0n) is 22.2. The molecule has 7 heteroatoms. The smallest absolute Gasteiger partial charge is 0.273 e. The maximum absolute atomic E-state index is 13.5. The number of nitrogens with one attached hydrogen (secondary N) is 2. The van der Waals surface area contributed by atoms with Crippen LogP contribution in [0.3, 0.4) is 0 Å². The van der Waals surface area contributed by atoms with Gasteiger partial charge in [0.05, 0.1) is 11.6 Å². The van der Waals surface area contributed by atoms with Crippen molar-refractivity contribution in [1.29, 1.82) is 5.26 Å². The average molecular weight is 509 g/mol. The summed E-state index contributed by atoms with van der Waals surface area (Å²) in [6.45, 7) is 8.84. The number of piperidine rings is 1. The van der Waals surface area contributed by atoms with E-state index in [2.05, 4.69) is 64.7 Å². The largest absolute Gasteiger partial charge is 0.382 e. The predicted molar refractivity (Wildman–Crippen MR) is 151 cm³/mol. The molecule has 0 bridgehead atoms. The monoisotopic (exact) mass is 508 g/mol. The van der Waals surface area contributed by atoms with Gasteiger partial charge in [-0.15, -0.1) is 0 Å². The average Bonchev–Trinajstić information content (AvgIpc) is 2.93. The molecule has 38 heavy (non-hydrogen) atoms. The lowest BCUT2D eigenvalue weighted by Gasteiger charge is -2.36. The van der Waals surface area contributed by atoms with E-state index in [0.29, 0.717) is 36.4 Å². The minimum absolute atomic E-state index is 0.0154. The number of anilines is 1. The van der Waals surface area contributed by atoms with Gasteiger partial charge in [0, 0.05) is 68.3 Å². The van der Waals surface area contributed by atoms with Gasteiger partial charge in [-0.25, -0.2) is 0 Å². The van der Waals surface area contributed by atoms with E-state index in [4.69, 9.17) is 5.26 Å². The fourth-order valence-electron chi connectivity index (χ4n) is 5.72. The predicted octanol–water partition coefficient (Wildman–Crippen LogP) is 4.52. The summed E-state index contributed by atoms with van der Waals surface area (Å²) in [5.41, 5.74) is 5.28. The molecule has 0 spiro atoms. The fraction of sp³-hybridized carbons (Fsp3) is 0.387. The SMILES string of the molecule is C[C@@H]1CN(Cc2ccc(-c3cccnc3C(=O)N3CCC(Nc4cccc(C#N)c4)CC3)cc2)C[C@H](C)N1. The van der Waals surface area contributed by atoms with Crippen molar-refractivity contribution in [2.45, 2.75) is 51.4 Å². The molecule has 2 aromatic carbocycles. The van der Waals surface area contributed by atoms with Gasteiger partial charge >= 0.3 is 0 Å². The van der Waals surface area contributed by atoms with Crippen LogP contribution in [0.25, 0.3) is 11.1 Å². The van der Waals surface area contributed by atoms with Gasteiger partial charge in [0.15, 0.2) is 0 Å². The molecular formula is C31H36N6O. The summed E-state index contributed by atoms with van der Waals surface area (Å²) in [4.78, 5) is 22.5. The third kappa shape index (κ3) is 6.21. The number of amides is 1. The molecule has 0 aliphatic carbocycles. The maximum atomic E-state index is 13.5. The molecule has 7 nitrogen and oxygen atoms in total. The Morgan fingerprint density at radius 1 is 1.05 bits per heavy atom. The number of nitriles is 1. The molecule has 0 radical (unpaired) electrons. The van der Waals surface area contributed by atoms with Gasteiger partial charge < -0.3 is 15.5 Å². The first-order valence-electron chi connectivity index (χ1n) is 13.6. The van der Waals surface area contributed by atoms with E-state index in [9.17, 15) is 4.79 Å². The first-order valence-corrected chi connectivity index (χ1v) is 13.6. The zero-order chi connectivity index (χ0) is 26.5. The van der Waals surface area contributed by atoms with Gasteiger partial charge in [-0.3, -0.25) is 14.7 Å². The second-order valence-corrected chi connectivity index (χ2v) is 10.7. The second-order valence-electron chi connectivity index (χ2n) is 10.7. The molecule has 2 N–H and O–H groups in total. The Morgan fingerprint density at radius 2 is 1.79 bits per heavy atom. The number of nitrogens with zero attached hydrogens (tertiary/aromatic N) is 4. The van der Waals surface area contributed by atoms with E-state index >= 15 is 0 Å². The molecule has 5 rings (SSSR count). The number of likely N-dealkylation sites (tertiary alicyclic amines) is 1. The normalized spacial score (nSPS) is 20.6. The van der Waals surface area contributed by atoms with Crippen LogP contribution in [0.15, 0.2) is 66.9 Å². The molecule has 1 aromatic heterocycles. The molecule has 1 amide bonds. The van der Waals surface area contributed by atoms with E-state index in [1.165, 1.54) is 5.56 Å². The molecule has 0 saturated carbocycles. The standard InChI is InChI=1S/C31H36N6O/c1-22-19-36(20-23(2)34-22)21-24-8-10-26(11-9-24)29-7-4-14-33-30(29)31(38)37-15-12-27(13-16-37)35-28-6-3-5-25(17-28)18-32/h3-11,14,17,22-23,27,34-35H,12-13,15-16,19-21H2,1-2H3/t22-,23+. The van der Waals surface area contributed by atoms with Crippen molar-refractivity contribution < 1.29 is 4.79 Å². The van der Waals surface area contributed by atoms with Crippen molar-refractivity contribution in [3.8, 4) is 17.2 Å². The van der Waals surface area contributed by atoms with Crippen LogP contribution in [0.5, 0.6) is 0 Å². The second kappa shape index (κ2) is 11.8. The van der Waals surface area contributed by atoms with Crippen molar-refractivity contribution in [2.75, 3.05) is 31.5 Å². The molecule has 2 atom stereocenters. The van der Waals surface area contributed by atoms with Crippen LogP contribution in [-0.4, -0.2) is 65.0 Å². The summed E-state index contributed by atoms with van der Waals surface area (Å²) < 4.78 is 0. The molecule has 2 saturated heterocycles. The first-order chi connectivity index (χ1) is 18.5. The first kappa shape index (κ1) is 25.9. The van der Waals surface area contributed by atoms with Gasteiger partial charge in [0.25, 0.3) is 5.91 Å². The quantitative estimate of drug-likeness (QED) is 0.509. The van der Waals surface area contributed by atoms with Crippen LogP contribution in [0, 0.1) is 11.3 Å². The highest BCUT2D eigenvalue weighted by Gasteiger charge is 2.26. The number of carbonyl (C=O) groups is 1. The van der Waals surface area contributed by atoms with E-state index < -0.39 is 0 Å². The van der Waals surface area contributed by atoms with Crippen molar-refractivity contribution in [3.63, 3.8) is 0 Å². The Kier molecular flexibility index (Phi) is 8.02. The Hall–Kier alpha value is -3.73. The van der Waals surface area contributed by atoms with Gasteiger partial charge in [-0.2, -0.15) is 5.26 Å². The summed E-state index contributed by atoms with van der Waals surface area (Å²) in [5, 5.41) is 16.3. The van der Waals surface area contributed by atoms with Crippen molar-refractivity contribution in [2.24, 2.45) is 0 Å². The molecular weight excluding hydrogens is 472 g/mol. The lowest BCUT2D eigenvalue weighted by Crippen LogP contribution is -2.53. The minimum atomic E-state index is -0.0154.